The SMILES string of the molecule is CCOC(=O)C1(c2ccc(-c3ccc(C(=CN)C(=NC)Nc4cncc(OC5CC5)n4)nc3)cc2C#N)CC1. The van der Waals surface area contributed by atoms with Crippen LogP contribution >= 0.6 is 0 Å². The van der Waals surface area contributed by atoms with Crippen LogP contribution in [0.2, 0.25) is 0 Å². The molecule has 0 atom stereocenters. The highest BCUT2D eigenvalue weighted by atomic mass is 16.5. The molecule has 2 aromatic heterocycles. The van der Waals surface area contributed by atoms with Gasteiger partial charge in [-0.05, 0) is 55.9 Å². The smallest absolute Gasteiger partial charge is 0.316 e. The fraction of sp³-hybridized carbons (Fsp3) is 0.310. The van der Waals surface area contributed by atoms with E-state index < -0.39 is 5.41 Å². The number of nitrogens with one attached hydrogen (secondary N) is 1. The summed E-state index contributed by atoms with van der Waals surface area (Å²) in [6, 6.07) is 11.5. The molecule has 0 aliphatic heterocycles. The number of carbonyl (C=O) groups excluding carboxylic acids is 1. The highest BCUT2D eigenvalue weighted by molar-refractivity contribution is 6.27. The average Bonchev–Trinajstić information content (AvgIpc) is 3.90. The minimum Gasteiger partial charge on any atom is -0.473 e. The molecule has 2 fully saturated rings. The van der Waals surface area contributed by atoms with Crippen LogP contribution in [0.5, 0.6) is 5.88 Å². The van der Waals surface area contributed by atoms with Crippen LogP contribution in [0.4, 0.5) is 5.82 Å². The number of anilines is 1. The molecule has 2 heterocycles. The van der Waals surface area contributed by atoms with Crippen molar-refractivity contribution >= 4 is 23.2 Å². The Labute approximate surface area is 226 Å². The maximum absolute atomic E-state index is 12.6. The summed E-state index contributed by atoms with van der Waals surface area (Å²) in [5.41, 5.74) is 9.26. The number of benzene rings is 1. The number of hydrogen-bond donors (Lipinski definition) is 2. The second-order valence-corrected chi connectivity index (χ2v) is 9.44. The highest BCUT2D eigenvalue weighted by Gasteiger charge is 2.53. The minimum absolute atomic E-state index is 0.212. The van der Waals surface area contributed by atoms with E-state index in [1.54, 1.807) is 38.6 Å². The van der Waals surface area contributed by atoms with Crippen molar-refractivity contribution in [1.29, 1.82) is 5.26 Å². The lowest BCUT2D eigenvalue weighted by atomic mass is 9.89. The lowest BCUT2D eigenvalue weighted by molar-refractivity contribution is -0.146. The Hall–Kier alpha value is -4.78. The van der Waals surface area contributed by atoms with Crippen molar-refractivity contribution in [3.8, 4) is 23.1 Å². The third kappa shape index (κ3) is 5.43. The van der Waals surface area contributed by atoms with Crippen LogP contribution in [-0.4, -0.2) is 46.5 Å². The van der Waals surface area contributed by atoms with E-state index in [0.29, 0.717) is 53.8 Å². The molecule has 2 saturated carbocycles. The van der Waals surface area contributed by atoms with Gasteiger partial charge in [0.15, 0.2) is 5.82 Å². The lowest BCUT2D eigenvalue weighted by Gasteiger charge is -2.16. The fourth-order valence-corrected chi connectivity index (χ4v) is 4.41. The quantitative estimate of drug-likeness (QED) is 0.241. The molecule has 10 heteroatoms. The Morgan fingerprint density at radius 1 is 1.23 bits per heavy atom. The zero-order valence-corrected chi connectivity index (χ0v) is 21.8. The number of amidine groups is 1. The molecule has 198 valence electrons. The summed E-state index contributed by atoms with van der Waals surface area (Å²) in [4.78, 5) is 30.1. The van der Waals surface area contributed by atoms with Crippen molar-refractivity contribution < 1.29 is 14.3 Å². The standard InChI is InChI=1S/C29H29N7O3/c1-3-38-28(37)29(10-11-29)23-8-4-18(12-20(23)13-30)19-5-9-24(34-15-19)22(14-31)27(32-2)36-25-16-33-17-26(35-25)39-21-6-7-21/h4-5,8-9,12,14-17,21H,3,6-7,10-11,31H2,1-2H3,(H,32,35,36). The number of carbonyl (C=O) groups is 1. The Balaban J connectivity index is 1.35. The molecule has 0 saturated heterocycles. The van der Waals surface area contributed by atoms with Crippen LogP contribution in [0, 0.1) is 11.3 Å². The molecule has 0 bridgehead atoms. The molecule has 2 aliphatic rings. The monoisotopic (exact) mass is 523 g/mol. The van der Waals surface area contributed by atoms with Gasteiger partial charge >= 0.3 is 5.97 Å². The van der Waals surface area contributed by atoms with Gasteiger partial charge in [0, 0.05) is 25.0 Å². The number of aliphatic imine (C=N–C) groups is 1. The highest BCUT2D eigenvalue weighted by Crippen LogP contribution is 2.50. The van der Waals surface area contributed by atoms with Crippen LogP contribution in [0.15, 0.2) is 60.1 Å². The molecule has 3 N–H and O–H groups in total. The zero-order valence-electron chi connectivity index (χ0n) is 21.8. The normalized spacial score (nSPS) is 16.2. The Morgan fingerprint density at radius 2 is 2.03 bits per heavy atom. The van der Waals surface area contributed by atoms with E-state index in [2.05, 4.69) is 31.3 Å². The van der Waals surface area contributed by atoms with Gasteiger partial charge in [-0.3, -0.25) is 19.8 Å². The van der Waals surface area contributed by atoms with Crippen LogP contribution in [0.3, 0.4) is 0 Å². The van der Waals surface area contributed by atoms with Crippen LogP contribution < -0.4 is 15.8 Å². The van der Waals surface area contributed by atoms with Gasteiger partial charge in [-0.15, -0.1) is 0 Å². The van der Waals surface area contributed by atoms with Crippen LogP contribution in [-0.2, 0) is 14.9 Å². The van der Waals surface area contributed by atoms with E-state index in [9.17, 15) is 10.1 Å². The van der Waals surface area contributed by atoms with Crippen LogP contribution in [0.25, 0.3) is 16.7 Å². The second kappa shape index (κ2) is 10.9. The first-order valence-corrected chi connectivity index (χ1v) is 12.8. The maximum atomic E-state index is 12.6. The summed E-state index contributed by atoms with van der Waals surface area (Å²) in [6.45, 7) is 2.10. The van der Waals surface area contributed by atoms with E-state index in [1.165, 1.54) is 6.20 Å². The van der Waals surface area contributed by atoms with Crippen molar-refractivity contribution in [3.63, 3.8) is 0 Å². The van der Waals surface area contributed by atoms with E-state index in [-0.39, 0.29) is 12.1 Å². The largest absolute Gasteiger partial charge is 0.473 e. The summed E-state index contributed by atoms with van der Waals surface area (Å²) in [6.07, 6.45) is 9.94. The topological polar surface area (TPSA) is 148 Å². The predicted molar refractivity (Wildman–Crippen MR) is 147 cm³/mol. The molecular weight excluding hydrogens is 494 g/mol. The van der Waals surface area contributed by atoms with Gasteiger partial charge in [-0.1, -0.05) is 18.2 Å². The number of nitrogens with two attached hydrogens (primary N) is 1. The molecule has 0 unspecified atom stereocenters. The predicted octanol–water partition coefficient (Wildman–Crippen LogP) is 3.99. The van der Waals surface area contributed by atoms with Gasteiger partial charge < -0.3 is 20.5 Å². The first-order valence-electron chi connectivity index (χ1n) is 12.8. The average molecular weight is 524 g/mol. The minimum atomic E-state index is -0.709. The number of esters is 1. The Kier molecular flexibility index (Phi) is 7.23. The van der Waals surface area contributed by atoms with E-state index in [0.717, 1.165) is 29.5 Å². The van der Waals surface area contributed by atoms with E-state index in [1.807, 2.05) is 24.3 Å². The molecule has 10 nitrogen and oxygen atoms in total. The van der Waals surface area contributed by atoms with Gasteiger partial charge in [0.25, 0.3) is 0 Å². The summed E-state index contributed by atoms with van der Waals surface area (Å²) >= 11 is 0. The number of nitriles is 1. The van der Waals surface area contributed by atoms with Gasteiger partial charge in [-0.2, -0.15) is 10.2 Å². The second-order valence-electron chi connectivity index (χ2n) is 9.44. The molecule has 39 heavy (non-hydrogen) atoms. The zero-order chi connectivity index (χ0) is 27.4. The van der Waals surface area contributed by atoms with Crippen molar-refractivity contribution in [2.75, 3.05) is 19.0 Å². The first-order chi connectivity index (χ1) is 19.0. The summed E-state index contributed by atoms with van der Waals surface area (Å²) < 4.78 is 11.0. The molecule has 3 aromatic rings. The van der Waals surface area contributed by atoms with Crippen molar-refractivity contribution in [1.82, 2.24) is 15.0 Å². The molecule has 0 spiro atoms. The number of nitrogens with zero attached hydrogens (tertiary/aromatic N) is 5. The van der Waals surface area contributed by atoms with Gasteiger partial charge in [0.05, 0.1) is 47.3 Å². The summed E-state index contributed by atoms with van der Waals surface area (Å²) in [5, 5.41) is 13.0. The fourth-order valence-electron chi connectivity index (χ4n) is 4.41. The number of pyridine rings is 1. The number of rotatable bonds is 9. The van der Waals surface area contributed by atoms with Crippen molar-refractivity contribution in [2.24, 2.45) is 10.7 Å². The molecule has 0 amide bonds. The lowest BCUT2D eigenvalue weighted by Crippen LogP contribution is -2.24. The van der Waals surface area contributed by atoms with E-state index >= 15 is 0 Å². The third-order valence-corrected chi connectivity index (χ3v) is 6.76. The Bertz CT molecular complexity index is 1480. The Morgan fingerprint density at radius 3 is 2.64 bits per heavy atom. The van der Waals surface area contributed by atoms with Crippen LogP contribution in [0.1, 0.15) is 49.4 Å². The number of hydrogen-bond acceptors (Lipinski definition) is 9. The molecule has 1 aromatic carbocycles. The van der Waals surface area contributed by atoms with Gasteiger partial charge in [-0.25, -0.2) is 0 Å². The number of aromatic nitrogens is 3. The van der Waals surface area contributed by atoms with E-state index in [4.69, 9.17) is 15.2 Å². The molecule has 0 radical (unpaired) electrons. The maximum Gasteiger partial charge on any atom is 0.316 e. The molecule has 5 rings (SSSR count). The molecule has 2 aliphatic carbocycles. The van der Waals surface area contributed by atoms with Gasteiger partial charge in [0.1, 0.15) is 11.9 Å². The summed E-state index contributed by atoms with van der Waals surface area (Å²) in [5.74, 6) is 1.14. The number of ether oxygens (including phenoxy) is 2. The summed E-state index contributed by atoms with van der Waals surface area (Å²) in [7, 11) is 1.64. The van der Waals surface area contributed by atoms with Gasteiger partial charge in [0.2, 0.25) is 5.88 Å². The van der Waals surface area contributed by atoms with Crippen molar-refractivity contribution in [2.45, 2.75) is 44.1 Å². The molecular formula is C29H29N7O3. The van der Waals surface area contributed by atoms with Crippen molar-refractivity contribution in [3.05, 3.63) is 71.9 Å². The first kappa shape index (κ1) is 25.9. The third-order valence-electron chi connectivity index (χ3n) is 6.76.